The van der Waals surface area contributed by atoms with E-state index in [2.05, 4.69) is 41.9 Å². The minimum absolute atomic E-state index is 0.0846. The second kappa shape index (κ2) is 6.99. The number of carbonyl (C=O) groups is 1. The maximum Gasteiger partial charge on any atom is 0.261 e. The van der Waals surface area contributed by atoms with Crippen LogP contribution in [0.3, 0.4) is 0 Å². The van der Waals surface area contributed by atoms with Gasteiger partial charge in [0.15, 0.2) is 0 Å². The van der Waals surface area contributed by atoms with Crippen molar-refractivity contribution in [1.29, 1.82) is 0 Å². The normalized spacial score (nSPS) is 11.5. The Bertz CT molecular complexity index is 508. The molecule has 1 aromatic rings. The van der Waals surface area contributed by atoms with E-state index in [1.807, 2.05) is 0 Å². The molecule has 1 aromatic heterocycles. The molecule has 9 heteroatoms. The third kappa shape index (κ3) is 4.96. The molecule has 1 amide bonds. The minimum atomic E-state index is -3.29. The van der Waals surface area contributed by atoms with E-state index in [0.29, 0.717) is 11.4 Å². The van der Waals surface area contributed by atoms with Gasteiger partial charge in [-0.2, -0.15) is 0 Å². The van der Waals surface area contributed by atoms with Crippen molar-refractivity contribution in [2.45, 2.75) is 6.92 Å². The SMILES string of the molecule is CCNS(=O)(=O)CCNC(=O)c1cc(Br)c(Br)s1. The highest BCUT2D eigenvalue weighted by atomic mass is 79.9. The lowest BCUT2D eigenvalue weighted by atomic mass is 10.4. The Balaban J connectivity index is 2.47. The largest absolute Gasteiger partial charge is 0.350 e. The maximum atomic E-state index is 11.7. The third-order valence-electron chi connectivity index (χ3n) is 1.89. The van der Waals surface area contributed by atoms with Gasteiger partial charge in [-0.1, -0.05) is 6.92 Å². The van der Waals surface area contributed by atoms with Crippen molar-refractivity contribution < 1.29 is 13.2 Å². The van der Waals surface area contributed by atoms with Gasteiger partial charge in [-0.25, -0.2) is 13.1 Å². The zero-order chi connectivity index (χ0) is 13.8. The van der Waals surface area contributed by atoms with E-state index in [4.69, 9.17) is 0 Å². The molecule has 0 aliphatic heterocycles. The number of rotatable bonds is 6. The topological polar surface area (TPSA) is 75.3 Å². The van der Waals surface area contributed by atoms with E-state index in [0.717, 1.165) is 8.26 Å². The van der Waals surface area contributed by atoms with Gasteiger partial charge in [-0.3, -0.25) is 4.79 Å². The van der Waals surface area contributed by atoms with Crippen LogP contribution in [-0.2, 0) is 10.0 Å². The lowest BCUT2D eigenvalue weighted by molar-refractivity contribution is 0.0960. The van der Waals surface area contributed by atoms with Gasteiger partial charge in [0, 0.05) is 17.6 Å². The molecule has 0 aromatic carbocycles. The summed E-state index contributed by atoms with van der Waals surface area (Å²) in [4.78, 5) is 12.2. The van der Waals surface area contributed by atoms with Crippen LogP contribution in [0.15, 0.2) is 14.3 Å². The highest BCUT2D eigenvalue weighted by molar-refractivity contribution is 9.13. The van der Waals surface area contributed by atoms with Crippen LogP contribution >= 0.6 is 43.2 Å². The molecule has 1 heterocycles. The number of sulfonamides is 1. The van der Waals surface area contributed by atoms with Crippen LogP contribution < -0.4 is 10.0 Å². The summed E-state index contributed by atoms with van der Waals surface area (Å²) < 4.78 is 26.7. The van der Waals surface area contributed by atoms with Crippen molar-refractivity contribution in [3.05, 3.63) is 19.2 Å². The summed E-state index contributed by atoms with van der Waals surface area (Å²) >= 11 is 7.86. The minimum Gasteiger partial charge on any atom is -0.350 e. The average Bonchev–Trinajstić information content (AvgIpc) is 2.59. The van der Waals surface area contributed by atoms with Gasteiger partial charge in [0.2, 0.25) is 10.0 Å². The van der Waals surface area contributed by atoms with E-state index < -0.39 is 10.0 Å². The van der Waals surface area contributed by atoms with Gasteiger partial charge >= 0.3 is 0 Å². The van der Waals surface area contributed by atoms with Crippen molar-refractivity contribution in [3.63, 3.8) is 0 Å². The maximum absolute atomic E-state index is 11.7. The monoisotopic (exact) mass is 418 g/mol. The van der Waals surface area contributed by atoms with E-state index in [9.17, 15) is 13.2 Å². The summed E-state index contributed by atoms with van der Waals surface area (Å²) in [5.41, 5.74) is 0. The molecule has 0 bridgehead atoms. The summed E-state index contributed by atoms with van der Waals surface area (Å²) in [6.45, 7) is 2.14. The lowest BCUT2D eigenvalue weighted by Crippen LogP contribution is -2.34. The van der Waals surface area contributed by atoms with Crippen LogP contribution in [-0.4, -0.2) is 33.2 Å². The standard InChI is InChI=1S/C9H12Br2N2O3S2/c1-2-13-18(15,16)4-3-12-9(14)7-5-6(10)8(11)17-7/h5,13H,2-4H2,1H3,(H,12,14). The number of thiophene rings is 1. The first kappa shape index (κ1) is 16.1. The number of carbonyl (C=O) groups excluding carboxylic acids is 1. The molecule has 0 saturated heterocycles. The number of hydrogen-bond donors (Lipinski definition) is 2. The Morgan fingerprint density at radius 3 is 2.61 bits per heavy atom. The molecular formula is C9H12Br2N2O3S2. The fourth-order valence-corrected chi connectivity index (χ4v) is 4.04. The fourth-order valence-electron chi connectivity index (χ4n) is 1.14. The second-order valence-electron chi connectivity index (χ2n) is 3.30. The smallest absolute Gasteiger partial charge is 0.261 e. The highest BCUT2D eigenvalue weighted by Crippen LogP contribution is 2.32. The van der Waals surface area contributed by atoms with Crippen LogP contribution in [0, 0.1) is 0 Å². The number of hydrogen-bond acceptors (Lipinski definition) is 4. The highest BCUT2D eigenvalue weighted by Gasteiger charge is 2.13. The van der Waals surface area contributed by atoms with E-state index in [-0.39, 0.29) is 18.2 Å². The number of amides is 1. The van der Waals surface area contributed by atoms with E-state index >= 15 is 0 Å². The van der Waals surface area contributed by atoms with Crippen LogP contribution in [0.1, 0.15) is 16.6 Å². The van der Waals surface area contributed by atoms with Crippen molar-refractivity contribution in [2.24, 2.45) is 0 Å². The lowest BCUT2D eigenvalue weighted by Gasteiger charge is -2.05. The Hall–Kier alpha value is 0.0400. The molecule has 0 radical (unpaired) electrons. The van der Waals surface area contributed by atoms with Gasteiger partial charge in [-0.15, -0.1) is 11.3 Å². The predicted molar refractivity (Wildman–Crippen MR) is 79.5 cm³/mol. The zero-order valence-electron chi connectivity index (χ0n) is 9.50. The van der Waals surface area contributed by atoms with Crippen LogP contribution in [0.4, 0.5) is 0 Å². The molecule has 102 valence electrons. The van der Waals surface area contributed by atoms with Gasteiger partial charge in [-0.05, 0) is 37.9 Å². The third-order valence-corrected chi connectivity index (χ3v) is 6.61. The van der Waals surface area contributed by atoms with E-state index in [1.54, 1.807) is 13.0 Å². The number of halogens is 2. The van der Waals surface area contributed by atoms with Crippen molar-refractivity contribution in [2.75, 3.05) is 18.8 Å². The molecule has 0 aliphatic rings. The first-order valence-electron chi connectivity index (χ1n) is 5.06. The molecule has 0 spiro atoms. The molecule has 5 nitrogen and oxygen atoms in total. The molecule has 18 heavy (non-hydrogen) atoms. The predicted octanol–water partition coefficient (Wildman–Crippen LogP) is 1.94. The molecule has 0 atom stereocenters. The summed E-state index contributed by atoms with van der Waals surface area (Å²) in [5.74, 6) is -0.404. The molecule has 1 rings (SSSR count). The molecule has 0 unspecified atom stereocenters. The van der Waals surface area contributed by atoms with Crippen LogP contribution in [0.5, 0.6) is 0 Å². The van der Waals surface area contributed by atoms with Crippen LogP contribution in [0.2, 0.25) is 0 Å². The molecule has 0 saturated carbocycles. The summed E-state index contributed by atoms with van der Waals surface area (Å²) in [6.07, 6.45) is 0. The van der Waals surface area contributed by atoms with Gasteiger partial charge in [0.05, 0.1) is 14.4 Å². The first-order valence-corrected chi connectivity index (χ1v) is 9.11. The molecule has 2 N–H and O–H groups in total. The Kier molecular flexibility index (Phi) is 6.25. The van der Waals surface area contributed by atoms with Crippen molar-refractivity contribution in [3.8, 4) is 0 Å². The summed E-state index contributed by atoms with van der Waals surface area (Å²) in [7, 11) is -3.29. The number of nitrogens with one attached hydrogen (secondary N) is 2. The fraction of sp³-hybridized carbons (Fsp3) is 0.444. The molecule has 0 fully saturated rings. The molecule has 0 aliphatic carbocycles. The van der Waals surface area contributed by atoms with Crippen molar-refractivity contribution >= 4 is 59.1 Å². The summed E-state index contributed by atoms with van der Waals surface area (Å²) in [5, 5.41) is 2.56. The zero-order valence-corrected chi connectivity index (χ0v) is 14.3. The van der Waals surface area contributed by atoms with E-state index in [1.165, 1.54) is 11.3 Å². The van der Waals surface area contributed by atoms with Crippen LogP contribution in [0.25, 0.3) is 0 Å². The Labute approximate surface area is 127 Å². The van der Waals surface area contributed by atoms with Gasteiger partial charge in [0.1, 0.15) is 0 Å². The van der Waals surface area contributed by atoms with Crippen molar-refractivity contribution in [1.82, 2.24) is 10.0 Å². The quantitative estimate of drug-likeness (QED) is 0.739. The van der Waals surface area contributed by atoms with Gasteiger partial charge < -0.3 is 5.32 Å². The summed E-state index contributed by atoms with van der Waals surface area (Å²) in [6, 6.07) is 1.68. The molecular weight excluding hydrogens is 408 g/mol. The van der Waals surface area contributed by atoms with Gasteiger partial charge in [0.25, 0.3) is 5.91 Å². The Morgan fingerprint density at radius 1 is 1.44 bits per heavy atom. The Morgan fingerprint density at radius 2 is 2.11 bits per heavy atom. The average molecular weight is 420 g/mol. The first-order chi connectivity index (χ1) is 8.35. The second-order valence-corrected chi connectivity index (χ2v) is 8.46.